The van der Waals surface area contributed by atoms with Gasteiger partial charge in [-0.2, -0.15) is 0 Å². The Morgan fingerprint density at radius 1 is 0.560 bits per heavy atom. The lowest BCUT2D eigenvalue weighted by molar-refractivity contribution is -0.378. The zero-order chi connectivity index (χ0) is 55.1. The summed E-state index contributed by atoms with van der Waals surface area (Å²) in [4.78, 5) is 0. The largest absolute Gasteiger partial charge is 0.394 e. The molecule has 14 N–H and O–H groups in total. The van der Waals surface area contributed by atoms with Gasteiger partial charge in [0.1, 0.15) is 91.6 Å². The molecule has 4 aliphatic carbocycles. The second-order valence-electron chi connectivity index (χ2n) is 25.3. The van der Waals surface area contributed by atoms with E-state index in [4.69, 9.17) is 37.9 Å². The molecule has 0 spiro atoms. The van der Waals surface area contributed by atoms with Gasteiger partial charge >= 0.3 is 0 Å². The van der Waals surface area contributed by atoms with Crippen LogP contribution in [0.5, 0.6) is 0 Å². The van der Waals surface area contributed by atoms with Crippen LogP contribution >= 0.6 is 0 Å². The van der Waals surface area contributed by atoms with Gasteiger partial charge in [0, 0.05) is 0 Å². The van der Waals surface area contributed by atoms with Gasteiger partial charge in [0.2, 0.25) is 0 Å². The topological polar surface area (TPSA) is 357 Å². The van der Waals surface area contributed by atoms with E-state index in [2.05, 4.69) is 40.7 Å². The van der Waals surface area contributed by atoms with Crippen molar-refractivity contribution in [1.82, 2.24) is 0 Å². The fourth-order valence-electron chi connectivity index (χ4n) is 16.1. The molecule has 0 amide bonds. The lowest BCUT2D eigenvalue weighted by Crippen LogP contribution is -2.68. The molecule has 29 atom stereocenters. The molecule has 8 rings (SSSR count). The first-order valence-corrected chi connectivity index (χ1v) is 27.3. The van der Waals surface area contributed by atoms with Crippen LogP contribution in [0.4, 0.5) is 0 Å². The van der Waals surface area contributed by atoms with Crippen molar-refractivity contribution in [1.29, 1.82) is 0 Å². The van der Waals surface area contributed by atoms with E-state index < -0.39 is 172 Å². The van der Waals surface area contributed by atoms with Gasteiger partial charge in [0.15, 0.2) is 25.2 Å². The molecule has 0 aromatic rings. The maximum Gasteiger partial charge on any atom is 0.187 e. The van der Waals surface area contributed by atoms with E-state index in [1.807, 2.05) is 20.8 Å². The number of ether oxygens (including phenoxy) is 8. The highest BCUT2D eigenvalue weighted by atomic mass is 16.8. The molecule has 4 heterocycles. The van der Waals surface area contributed by atoms with Crippen molar-refractivity contribution >= 4 is 0 Å². The summed E-state index contributed by atoms with van der Waals surface area (Å²) >= 11 is 0. The highest BCUT2D eigenvalue weighted by Crippen LogP contribution is 2.76. The van der Waals surface area contributed by atoms with Gasteiger partial charge in [0.05, 0.1) is 44.2 Å². The van der Waals surface area contributed by atoms with Crippen LogP contribution in [0.3, 0.4) is 0 Å². The SMILES string of the molecule is CC(C)=CCC[C@@](C)(O[C@@H]1O[C@H](CO[C@H]2O[C@H](CO)[C@@H](O)[C@@H]2O)[C@@H](O)[C@H](O)[C@H]1O)[C@H]1CC[C@]2(C)C1[C@H](O)CC1[C@@]3(C)CC[C@H](O[C@@H]4O[C@H](CO)[C@@H](O)[C@H](O)[C@H]4O[C@@H]4O[C@H](CO)[C@@H](O)[C@H](O)[C@H]4O)C(C)(C)[C@@H]3CC[C@]12C. The number of aliphatic hydroxyl groups excluding tert-OH is 14. The molecule has 0 bridgehead atoms. The Bertz CT molecular complexity index is 1940. The molecule has 75 heavy (non-hydrogen) atoms. The summed E-state index contributed by atoms with van der Waals surface area (Å²) in [6.07, 6.45) is -22.1. The van der Waals surface area contributed by atoms with E-state index in [0.29, 0.717) is 38.5 Å². The average Bonchev–Trinajstić information content (AvgIpc) is 3.89. The number of rotatable bonds is 16. The van der Waals surface area contributed by atoms with Crippen molar-refractivity contribution in [3.05, 3.63) is 11.6 Å². The van der Waals surface area contributed by atoms with E-state index in [9.17, 15) is 71.5 Å². The summed E-state index contributed by atoms with van der Waals surface area (Å²) in [5, 5.41) is 151. The normalized spacial score (nSPS) is 52.6. The van der Waals surface area contributed by atoms with Crippen LogP contribution in [0.15, 0.2) is 11.6 Å². The molecule has 0 radical (unpaired) electrons. The summed E-state index contributed by atoms with van der Waals surface area (Å²) in [5.41, 5.74) is -1.47. The van der Waals surface area contributed by atoms with Crippen LogP contribution in [0, 0.1) is 45.3 Å². The maximum absolute atomic E-state index is 12.8. The average molecular weight is 1080 g/mol. The Balaban J connectivity index is 1.01. The first-order chi connectivity index (χ1) is 35.1. The van der Waals surface area contributed by atoms with Crippen molar-refractivity contribution in [3.63, 3.8) is 0 Å². The summed E-state index contributed by atoms with van der Waals surface area (Å²) in [6, 6.07) is 0. The summed E-state index contributed by atoms with van der Waals surface area (Å²) in [5.74, 6) is -0.394. The van der Waals surface area contributed by atoms with E-state index in [-0.39, 0.29) is 34.5 Å². The second kappa shape index (κ2) is 22.7. The quantitative estimate of drug-likeness (QED) is 0.0614. The Hall–Kier alpha value is -1.14. The molecule has 22 nitrogen and oxygen atoms in total. The number of fused-ring (bicyclic) bond motifs is 5. The van der Waals surface area contributed by atoms with Crippen LogP contribution in [0.25, 0.3) is 0 Å². The third kappa shape index (κ3) is 10.5. The fraction of sp³-hybridized carbons (Fsp3) is 0.962. The van der Waals surface area contributed by atoms with Crippen molar-refractivity contribution in [2.45, 2.75) is 248 Å². The third-order valence-corrected chi connectivity index (χ3v) is 20.5. The first-order valence-electron chi connectivity index (χ1n) is 27.3. The van der Waals surface area contributed by atoms with Crippen molar-refractivity contribution in [2.24, 2.45) is 45.3 Å². The van der Waals surface area contributed by atoms with Gasteiger partial charge < -0.3 is 109 Å². The molecule has 0 aromatic heterocycles. The zero-order valence-corrected chi connectivity index (χ0v) is 44.7. The fourth-order valence-corrected chi connectivity index (χ4v) is 16.1. The molecule has 4 saturated carbocycles. The van der Waals surface area contributed by atoms with Crippen LogP contribution in [0.1, 0.15) is 113 Å². The summed E-state index contributed by atoms with van der Waals surface area (Å²) < 4.78 is 48.9. The van der Waals surface area contributed by atoms with Gasteiger partial charge in [-0.1, -0.05) is 46.3 Å². The predicted molar refractivity (Wildman–Crippen MR) is 260 cm³/mol. The molecule has 8 aliphatic rings. The molecule has 434 valence electrons. The van der Waals surface area contributed by atoms with Crippen LogP contribution in [-0.4, -0.2) is 232 Å². The maximum atomic E-state index is 12.8. The molecule has 4 aliphatic heterocycles. The van der Waals surface area contributed by atoms with Gasteiger partial charge in [0.25, 0.3) is 0 Å². The van der Waals surface area contributed by atoms with Crippen LogP contribution < -0.4 is 0 Å². The number of hydrogen-bond acceptors (Lipinski definition) is 22. The van der Waals surface area contributed by atoms with Gasteiger partial charge in [-0.15, -0.1) is 0 Å². The predicted octanol–water partition coefficient (Wildman–Crippen LogP) is -1.56. The Morgan fingerprint density at radius 2 is 1.08 bits per heavy atom. The zero-order valence-electron chi connectivity index (χ0n) is 44.7. The monoisotopic (exact) mass is 1080 g/mol. The molecule has 22 heteroatoms. The number of hydrogen-bond donors (Lipinski definition) is 14. The van der Waals surface area contributed by atoms with Crippen molar-refractivity contribution in [3.8, 4) is 0 Å². The Kier molecular flexibility index (Phi) is 18.1. The highest BCUT2D eigenvalue weighted by molar-refractivity contribution is 5.20. The van der Waals surface area contributed by atoms with Crippen LogP contribution in [-0.2, 0) is 37.9 Å². The molecule has 0 aromatic carbocycles. The lowest BCUT2D eigenvalue weighted by Gasteiger charge is -2.71. The lowest BCUT2D eigenvalue weighted by atomic mass is 9.35. The van der Waals surface area contributed by atoms with E-state index in [1.165, 1.54) is 0 Å². The standard InChI is InChI=1S/C53H90O22/c1-23(2)10-9-14-53(8,75-47-43(67)39(63)37(61)29(72-47)22-68-45-41(65)36(60)28(21-56)69-45)24-11-16-52(7)33(24)25(57)18-31-50(5)15-13-32(49(3,4)30(50)12-17-51(31,52)6)73-48-44(40(64)35(59)27(20-55)71-48)74-46-42(66)38(62)34(58)26(19-54)70-46/h10,24-48,54-67H,9,11-22H2,1-8H3/t24-,25+,26+,27+,28+,29+,30-,31?,32-,33?,34+,35+,36+,37+,38-,39-,40-,41-,42+,43+,44+,45-,46-,47-,48-,50-,51+,52+,53+/m0/s1. The van der Waals surface area contributed by atoms with Crippen molar-refractivity contribution < 1.29 is 109 Å². The van der Waals surface area contributed by atoms with E-state index >= 15 is 0 Å². The van der Waals surface area contributed by atoms with Gasteiger partial charge in [-0.3, -0.25) is 0 Å². The summed E-state index contributed by atoms with van der Waals surface area (Å²) in [7, 11) is 0. The Morgan fingerprint density at radius 3 is 1.69 bits per heavy atom. The number of aliphatic hydroxyl groups is 14. The van der Waals surface area contributed by atoms with E-state index in [0.717, 1.165) is 24.8 Å². The first kappa shape index (κ1) is 60.0. The molecule has 8 fully saturated rings. The minimum absolute atomic E-state index is 0.0508. The molecular weight excluding hydrogens is 989 g/mol. The minimum Gasteiger partial charge on any atom is -0.394 e. The molecular formula is C53H90O22. The second-order valence-corrected chi connectivity index (χ2v) is 25.3. The third-order valence-electron chi connectivity index (χ3n) is 20.5. The van der Waals surface area contributed by atoms with Gasteiger partial charge in [-0.05, 0) is 124 Å². The molecule has 4 saturated heterocycles. The van der Waals surface area contributed by atoms with Gasteiger partial charge in [-0.25, -0.2) is 0 Å². The van der Waals surface area contributed by atoms with Crippen molar-refractivity contribution in [2.75, 3.05) is 26.4 Å². The Labute approximate surface area is 439 Å². The van der Waals surface area contributed by atoms with E-state index in [1.54, 1.807) is 0 Å². The highest BCUT2D eigenvalue weighted by Gasteiger charge is 2.72. The van der Waals surface area contributed by atoms with Crippen LogP contribution in [0.2, 0.25) is 0 Å². The summed E-state index contributed by atoms with van der Waals surface area (Å²) in [6.45, 7) is 14.9. The number of allylic oxidation sites excluding steroid dienone is 2. The molecule has 2 unspecified atom stereocenters. The minimum atomic E-state index is -1.81. The smallest absolute Gasteiger partial charge is 0.187 e.